The van der Waals surface area contributed by atoms with E-state index < -0.39 is 12.1 Å². The van der Waals surface area contributed by atoms with Gasteiger partial charge in [0.05, 0.1) is 12.1 Å². The average Bonchev–Trinajstić information content (AvgIpc) is 3.02. The summed E-state index contributed by atoms with van der Waals surface area (Å²) in [6.07, 6.45) is 1.86. The van der Waals surface area contributed by atoms with Crippen LogP contribution in [0.3, 0.4) is 0 Å². The summed E-state index contributed by atoms with van der Waals surface area (Å²) in [7, 11) is 0. The van der Waals surface area contributed by atoms with E-state index in [9.17, 15) is 14.7 Å². The van der Waals surface area contributed by atoms with Gasteiger partial charge in [-0.3, -0.25) is 9.59 Å². The molecular formula is C19H20ClN3O3. The number of nitrogens with zero attached hydrogens (tertiary/aromatic N) is 2. The number of anilines is 1. The molecule has 1 aromatic carbocycles. The molecule has 26 heavy (non-hydrogen) atoms. The van der Waals surface area contributed by atoms with Crippen molar-refractivity contribution in [2.45, 2.75) is 31.4 Å². The first kappa shape index (κ1) is 18.4. The molecule has 2 heterocycles. The number of hydrogen-bond donors (Lipinski definition) is 2. The maximum Gasteiger partial charge on any atom is 0.254 e. The Kier molecular flexibility index (Phi) is 5.54. The number of likely N-dealkylation sites (tertiary alicyclic amines) is 1. The number of carbonyl (C=O) groups is 2. The molecule has 0 radical (unpaired) electrons. The van der Waals surface area contributed by atoms with Crippen LogP contribution in [-0.4, -0.2) is 45.4 Å². The van der Waals surface area contributed by atoms with Crippen molar-refractivity contribution in [3.05, 3.63) is 58.7 Å². The Morgan fingerprint density at radius 2 is 2.00 bits per heavy atom. The number of carbonyl (C=O) groups excluding carboxylic acids is 2. The van der Waals surface area contributed by atoms with Gasteiger partial charge < -0.3 is 15.7 Å². The lowest BCUT2D eigenvalue weighted by Crippen LogP contribution is -2.40. The Morgan fingerprint density at radius 1 is 1.27 bits per heavy atom. The number of hydrogen-bond acceptors (Lipinski definition) is 5. The highest BCUT2D eigenvalue weighted by atomic mass is 35.5. The molecule has 1 fully saturated rings. The number of amides is 1. The Labute approximate surface area is 156 Å². The molecule has 0 aliphatic carbocycles. The summed E-state index contributed by atoms with van der Waals surface area (Å²) >= 11 is 5.87. The number of Topliss-reactive ketones (excluding diaryl/α,β-unsaturated/α-hetero) is 1. The zero-order chi connectivity index (χ0) is 18.7. The number of pyridine rings is 1. The van der Waals surface area contributed by atoms with Gasteiger partial charge in [0, 0.05) is 36.2 Å². The number of rotatable bonds is 5. The Bertz CT molecular complexity index is 810. The fourth-order valence-corrected chi connectivity index (χ4v) is 3.30. The van der Waals surface area contributed by atoms with Crippen LogP contribution in [0.25, 0.3) is 0 Å². The molecule has 2 aromatic rings. The number of aromatic nitrogens is 1. The number of aliphatic hydroxyl groups is 1. The van der Waals surface area contributed by atoms with E-state index in [0.717, 1.165) is 5.56 Å². The highest BCUT2D eigenvalue weighted by Gasteiger charge is 2.38. The molecule has 0 unspecified atom stereocenters. The predicted molar refractivity (Wildman–Crippen MR) is 98.9 cm³/mol. The highest BCUT2D eigenvalue weighted by molar-refractivity contribution is 6.30. The molecule has 1 aliphatic rings. The largest absolute Gasteiger partial charge is 0.391 e. The van der Waals surface area contributed by atoms with Crippen LogP contribution >= 0.6 is 11.6 Å². The van der Waals surface area contributed by atoms with Crippen LogP contribution < -0.4 is 5.73 Å². The van der Waals surface area contributed by atoms with Crippen LogP contribution in [-0.2, 0) is 11.2 Å². The average molecular weight is 374 g/mol. The molecular weight excluding hydrogens is 354 g/mol. The quantitative estimate of drug-likeness (QED) is 0.836. The molecule has 2 atom stereocenters. The molecule has 0 spiro atoms. The number of halogens is 1. The second-order valence-electron chi connectivity index (χ2n) is 6.42. The maximum absolute atomic E-state index is 12.7. The number of β-amino-alcohol motifs (C(OH)–C–C–N with tert-alkyl or cyclic N) is 1. The van der Waals surface area contributed by atoms with E-state index in [1.807, 2.05) is 12.1 Å². The SMILES string of the molecule is Nc1cc(C(=O)N2C[C@H](O)C[C@H]2C(=O)CCc2ccc(Cl)cc2)ccn1. The van der Waals surface area contributed by atoms with E-state index in [-0.39, 0.29) is 30.5 Å². The summed E-state index contributed by atoms with van der Waals surface area (Å²) < 4.78 is 0. The minimum atomic E-state index is -0.706. The van der Waals surface area contributed by atoms with Gasteiger partial charge in [-0.2, -0.15) is 0 Å². The number of nitrogen functional groups attached to an aromatic ring is 1. The molecule has 1 saturated heterocycles. The third kappa shape index (κ3) is 4.20. The molecule has 1 aliphatic heterocycles. The smallest absolute Gasteiger partial charge is 0.254 e. The Morgan fingerprint density at radius 3 is 2.69 bits per heavy atom. The van der Waals surface area contributed by atoms with Crippen LogP contribution in [0.4, 0.5) is 5.82 Å². The lowest BCUT2D eigenvalue weighted by molar-refractivity contribution is -0.122. The first-order valence-electron chi connectivity index (χ1n) is 8.42. The summed E-state index contributed by atoms with van der Waals surface area (Å²) in [4.78, 5) is 30.7. The van der Waals surface area contributed by atoms with Gasteiger partial charge in [-0.05, 0) is 36.2 Å². The van der Waals surface area contributed by atoms with Gasteiger partial charge in [0.15, 0.2) is 5.78 Å². The summed E-state index contributed by atoms with van der Waals surface area (Å²) in [5.74, 6) is -0.145. The molecule has 136 valence electrons. The Balaban J connectivity index is 1.69. The molecule has 6 nitrogen and oxygen atoms in total. The molecule has 1 aromatic heterocycles. The van der Waals surface area contributed by atoms with Crippen molar-refractivity contribution < 1.29 is 14.7 Å². The van der Waals surface area contributed by atoms with Crippen molar-refractivity contribution in [2.75, 3.05) is 12.3 Å². The minimum absolute atomic E-state index is 0.0631. The van der Waals surface area contributed by atoms with Gasteiger partial charge in [-0.25, -0.2) is 4.98 Å². The summed E-state index contributed by atoms with van der Waals surface area (Å²) in [6, 6.07) is 9.72. The number of aryl methyl sites for hydroxylation is 1. The van der Waals surface area contributed by atoms with Gasteiger partial charge in [0.2, 0.25) is 0 Å². The fourth-order valence-electron chi connectivity index (χ4n) is 3.18. The first-order chi connectivity index (χ1) is 12.4. The zero-order valence-corrected chi connectivity index (χ0v) is 14.9. The zero-order valence-electron chi connectivity index (χ0n) is 14.1. The standard InChI is InChI=1S/C19H20ClN3O3/c20-14-4-1-12(2-5-14)3-6-17(25)16-10-15(24)11-23(16)19(26)13-7-8-22-18(21)9-13/h1-2,4-5,7-9,15-16,24H,3,6,10-11H2,(H2,21,22)/t15-,16+/m1/s1. The predicted octanol–water partition coefficient (Wildman–Crippen LogP) is 2.09. The van der Waals surface area contributed by atoms with E-state index >= 15 is 0 Å². The number of nitrogens with two attached hydrogens (primary N) is 1. The summed E-state index contributed by atoms with van der Waals surface area (Å²) in [5.41, 5.74) is 7.00. The van der Waals surface area contributed by atoms with E-state index in [2.05, 4.69) is 4.98 Å². The van der Waals surface area contributed by atoms with E-state index in [1.54, 1.807) is 18.2 Å². The second kappa shape index (κ2) is 7.85. The van der Waals surface area contributed by atoms with Crippen LogP contribution in [0.1, 0.15) is 28.8 Å². The lowest BCUT2D eigenvalue weighted by atomic mass is 10.0. The molecule has 3 N–H and O–H groups in total. The minimum Gasteiger partial charge on any atom is -0.391 e. The molecule has 3 rings (SSSR count). The molecule has 1 amide bonds. The maximum atomic E-state index is 12.7. The lowest BCUT2D eigenvalue weighted by Gasteiger charge is -2.23. The van der Waals surface area contributed by atoms with Crippen LogP contribution in [0.15, 0.2) is 42.6 Å². The summed E-state index contributed by atoms with van der Waals surface area (Å²) in [6.45, 7) is 0.137. The van der Waals surface area contributed by atoms with Crippen molar-refractivity contribution in [2.24, 2.45) is 0 Å². The van der Waals surface area contributed by atoms with Gasteiger partial charge in [-0.15, -0.1) is 0 Å². The van der Waals surface area contributed by atoms with E-state index in [0.29, 0.717) is 23.4 Å². The fraction of sp³-hybridized carbons (Fsp3) is 0.316. The van der Waals surface area contributed by atoms with Crippen molar-refractivity contribution in [1.29, 1.82) is 0 Å². The van der Waals surface area contributed by atoms with Crippen LogP contribution in [0.5, 0.6) is 0 Å². The second-order valence-corrected chi connectivity index (χ2v) is 6.86. The monoisotopic (exact) mass is 373 g/mol. The molecule has 0 bridgehead atoms. The third-order valence-electron chi connectivity index (χ3n) is 4.51. The van der Waals surface area contributed by atoms with Gasteiger partial charge in [0.1, 0.15) is 5.82 Å². The van der Waals surface area contributed by atoms with Crippen molar-refractivity contribution >= 4 is 29.1 Å². The van der Waals surface area contributed by atoms with Crippen molar-refractivity contribution in [1.82, 2.24) is 9.88 Å². The van der Waals surface area contributed by atoms with Gasteiger partial charge in [0.25, 0.3) is 5.91 Å². The Hall–Kier alpha value is -2.44. The first-order valence-corrected chi connectivity index (χ1v) is 8.79. The third-order valence-corrected chi connectivity index (χ3v) is 4.76. The highest BCUT2D eigenvalue weighted by Crippen LogP contribution is 2.23. The topological polar surface area (TPSA) is 96.5 Å². The van der Waals surface area contributed by atoms with Crippen LogP contribution in [0, 0.1) is 0 Å². The van der Waals surface area contributed by atoms with Crippen molar-refractivity contribution in [3.8, 4) is 0 Å². The summed E-state index contributed by atoms with van der Waals surface area (Å²) in [5, 5.41) is 10.6. The molecule has 0 saturated carbocycles. The molecule has 7 heteroatoms. The van der Waals surface area contributed by atoms with E-state index in [4.69, 9.17) is 17.3 Å². The number of ketones is 1. The van der Waals surface area contributed by atoms with Crippen LogP contribution in [0.2, 0.25) is 5.02 Å². The van der Waals surface area contributed by atoms with E-state index in [1.165, 1.54) is 17.2 Å². The number of aliphatic hydroxyl groups excluding tert-OH is 1. The number of benzene rings is 1. The van der Waals surface area contributed by atoms with Gasteiger partial charge in [-0.1, -0.05) is 23.7 Å². The van der Waals surface area contributed by atoms with Crippen molar-refractivity contribution in [3.63, 3.8) is 0 Å². The normalized spacial score (nSPS) is 19.5. The van der Waals surface area contributed by atoms with Gasteiger partial charge >= 0.3 is 0 Å².